The van der Waals surface area contributed by atoms with Crippen molar-refractivity contribution in [2.24, 2.45) is 0 Å². The lowest BCUT2D eigenvalue weighted by atomic mass is 10.2. The number of nitrogens with one attached hydrogen (secondary N) is 1. The lowest BCUT2D eigenvalue weighted by Crippen LogP contribution is -2.28. The molecule has 0 aliphatic carbocycles. The van der Waals surface area contributed by atoms with E-state index in [4.69, 9.17) is 0 Å². The summed E-state index contributed by atoms with van der Waals surface area (Å²) in [5, 5.41) is 3.48. The maximum atomic E-state index is 3.48. The van der Waals surface area contributed by atoms with Crippen molar-refractivity contribution < 1.29 is 0 Å². The fourth-order valence-electron chi connectivity index (χ4n) is 2.22. The maximum Gasteiger partial charge on any atom is 0.0340 e. The molecule has 2 rings (SSSR count). The Morgan fingerprint density at radius 2 is 1.65 bits per heavy atom. The van der Waals surface area contributed by atoms with Gasteiger partial charge in [0.25, 0.3) is 0 Å². The third-order valence-electron chi connectivity index (χ3n) is 3.50. The summed E-state index contributed by atoms with van der Waals surface area (Å²) in [6.45, 7) is 8.46. The van der Waals surface area contributed by atoms with Crippen LogP contribution in [0.3, 0.4) is 0 Å². The summed E-state index contributed by atoms with van der Waals surface area (Å²) < 4.78 is 0. The van der Waals surface area contributed by atoms with Gasteiger partial charge in [0.2, 0.25) is 0 Å². The van der Waals surface area contributed by atoms with Crippen molar-refractivity contribution in [3.63, 3.8) is 0 Å². The molecular formula is C18H24N2. The van der Waals surface area contributed by atoms with Gasteiger partial charge in [-0.3, -0.25) is 4.90 Å². The van der Waals surface area contributed by atoms with E-state index in [-0.39, 0.29) is 0 Å². The van der Waals surface area contributed by atoms with E-state index in [0.717, 1.165) is 26.2 Å². The quantitative estimate of drug-likeness (QED) is 0.818. The first kappa shape index (κ1) is 14.6. The van der Waals surface area contributed by atoms with Crippen LogP contribution in [0.5, 0.6) is 0 Å². The predicted molar refractivity (Wildman–Crippen MR) is 87.1 cm³/mol. The molecule has 0 amide bonds. The zero-order valence-electron chi connectivity index (χ0n) is 12.5. The zero-order valence-corrected chi connectivity index (χ0v) is 12.5. The minimum Gasteiger partial charge on any atom is -0.384 e. The number of hydrogen-bond donors (Lipinski definition) is 1. The van der Waals surface area contributed by atoms with E-state index in [0.29, 0.717) is 0 Å². The molecule has 0 spiro atoms. The fourth-order valence-corrected chi connectivity index (χ4v) is 2.22. The van der Waals surface area contributed by atoms with Gasteiger partial charge in [-0.1, -0.05) is 55.0 Å². The minimum atomic E-state index is 0.976. The summed E-state index contributed by atoms with van der Waals surface area (Å²) in [5.41, 5.74) is 3.88. The van der Waals surface area contributed by atoms with Crippen LogP contribution >= 0.6 is 0 Å². The number of nitrogens with zero attached hydrogens (tertiary/aromatic N) is 1. The molecule has 0 fully saturated rings. The molecule has 0 radical (unpaired) electrons. The normalized spacial score (nSPS) is 10.8. The zero-order chi connectivity index (χ0) is 14.2. The first-order chi connectivity index (χ1) is 9.78. The van der Waals surface area contributed by atoms with Crippen LogP contribution in [0.25, 0.3) is 0 Å². The van der Waals surface area contributed by atoms with Crippen molar-refractivity contribution in [3.05, 3.63) is 65.7 Å². The van der Waals surface area contributed by atoms with Gasteiger partial charge < -0.3 is 5.32 Å². The summed E-state index contributed by atoms with van der Waals surface area (Å²) in [6.07, 6.45) is 0. The molecule has 0 aromatic heterocycles. The molecule has 2 aromatic carbocycles. The van der Waals surface area contributed by atoms with Gasteiger partial charge in [-0.25, -0.2) is 0 Å². The first-order valence-corrected chi connectivity index (χ1v) is 7.34. The molecule has 20 heavy (non-hydrogen) atoms. The van der Waals surface area contributed by atoms with Crippen LogP contribution in [0, 0.1) is 6.92 Å². The van der Waals surface area contributed by atoms with E-state index in [1.54, 1.807) is 0 Å². The van der Waals surface area contributed by atoms with E-state index >= 15 is 0 Å². The summed E-state index contributed by atoms with van der Waals surface area (Å²) in [5.74, 6) is 0. The van der Waals surface area contributed by atoms with E-state index in [2.05, 4.69) is 78.7 Å². The van der Waals surface area contributed by atoms with Crippen LogP contribution < -0.4 is 5.32 Å². The van der Waals surface area contributed by atoms with Gasteiger partial charge in [0.05, 0.1) is 0 Å². The number of aryl methyl sites for hydroxylation is 1. The third-order valence-corrected chi connectivity index (χ3v) is 3.50. The maximum absolute atomic E-state index is 3.48. The third kappa shape index (κ3) is 4.71. The predicted octanol–water partition coefficient (Wildman–Crippen LogP) is 3.93. The van der Waals surface area contributed by atoms with Gasteiger partial charge in [-0.05, 0) is 31.2 Å². The van der Waals surface area contributed by atoms with Crippen molar-refractivity contribution in [1.29, 1.82) is 0 Å². The van der Waals surface area contributed by atoms with Gasteiger partial charge >= 0.3 is 0 Å². The van der Waals surface area contributed by atoms with Crippen LogP contribution in [0.15, 0.2) is 54.6 Å². The highest BCUT2D eigenvalue weighted by molar-refractivity contribution is 5.44. The molecular weight excluding hydrogens is 244 g/mol. The Balaban J connectivity index is 1.78. The van der Waals surface area contributed by atoms with Gasteiger partial charge in [0.15, 0.2) is 0 Å². The molecule has 0 atom stereocenters. The standard InChI is InChI=1S/C18H24N2/c1-3-20(15-17-7-5-4-6-8-17)14-13-19-18-11-9-16(2)10-12-18/h4-12,19H,3,13-15H2,1-2H3. The van der Waals surface area contributed by atoms with Gasteiger partial charge in [-0.15, -0.1) is 0 Å². The number of anilines is 1. The second-order valence-electron chi connectivity index (χ2n) is 5.15. The van der Waals surface area contributed by atoms with Crippen molar-refractivity contribution in [1.82, 2.24) is 4.90 Å². The summed E-state index contributed by atoms with van der Waals surface area (Å²) in [7, 11) is 0. The molecule has 0 bridgehead atoms. The molecule has 2 aromatic rings. The average molecular weight is 268 g/mol. The van der Waals surface area contributed by atoms with E-state index in [1.807, 2.05) is 0 Å². The Kier molecular flexibility index (Phi) is 5.63. The highest BCUT2D eigenvalue weighted by Crippen LogP contribution is 2.08. The largest absolute Gasteiger partial charge is 0.384 e. The lowest BCUT2D eigenvalue weighted by Gasteiger charge is -2.21. The Morgan fingerprint density at radius 3 is 2.30 bits per heavy atom. The van der Waals surface area contributed by atoms with E-state index < -0.39 is 0 Å². The molecule has 0 heterocycles. The smallest absolute Gasteiger partial charge is 0.0340 e. The Labute approximate surface area is 122 Å². The summed E-state index contributed by atoms with van der Waals surface area (Å²) in [4.78, 5) is 2.45. The van der Waals surface area contributed by atoms with Crippen molar-refractivity contribution in [2.45, 2.75) is 20.4 Å². The minimum absolute atomic E-state index is 0.976. The monoisotopic (exact) mass is 268 g/mol. The van der Waals surface area contributed by atoms with Gasteiger partial charge in [-0.2, -0.15) is 0 Å². The number of rotatable bonds is 7. The second kappa shape index (κ2) is 7.71. The average Bonchev–Trinajstić information content (AvgIpc) is 2.49. The SMILES string of the molecule is CCN(CCNc1ccc(C)cc1)Cc1ccccc1. The van der Waals surface area contributed by atoms with Crippen LogP contribution in [-0.2, 0) is 6.54 Å². The molecule has 0 saturated heterocycles. The van der Waals surface area contributed by atoms with Gasteiger partial charge in [0.1, 0.15) is 0 Å². The van der Waals surface area contributed by atoms with Crippen LogP contribution in [-0.4, -0.2) is 24.5 Å². The number of hydrogen-bond acceptors (Lipinski definition) is 2. The number of likely N-dealkylation sites (N-methyl/N-ethyl adjacent to an activating group) is 1. The lowest BCUT2D eigenvalue weighted by molar-refractivity contribution is 0.291. The fraction of sp³-hybridized carbons (Fsp3) is 0.333. The molecule has 0 aliphatic rings. The van der Waals surface area contributed by atoms with Crippen LogP contribution in [0.4, 0.5) is 5.69 Å². The molecule has 2 nitrogen and oxygen atoms in total. The molecule has 2 heteroatoms. The molecule has 1 N–H and O–H groups in total. The first-order valence-electron chi connectivity index (χ1n) is 7.34. The van der Waals surface area contributed by atoms with Crippen LogP contribution in [0.2, 0.25) is 0 Å². The Hall–Kier alpha value is -1.80. The highest BCUT2D eigenvalue weighted by atomic mass is 15.1. The van der Waals surface area contributed by atoms with Crippen molar-refractivity contribution in [3.8, 4) is 0 Å². The summed E-state index contributed by atoms with van der Waals surface area (Å²) in [6, 6.07) is 19.2. The second-order valence-corrected chi connectivity index (χ2v) is 5.15. The Bertz CT molecular complexity index is 491. The van der Waals surface area contributed by atoms with Crippen molar-refractivity contribution >= 4 is 5.69 Å². The molecule has 0 saturated carbocycles. The topological polar surface area (TPSA) is 15.3 Å². The molecule has 0 aliphatic heterocycles. The Morgan fingerprint density at radius 1 is 0.950 bits per heavy atom. The van der Waals surface area contributed by atoms with E-state index in [9.17, 15) is 0 Å². The van der Waals surface area contributed by atoms with Crippen LogP contribution in [0.1, 0.15) is 18.1 Å². The molecule has 106 valence electrons. The summed E-state index contributed by atoms with van der Waals surface area (Å²) >= 11 is 0. The van der Waals surface area contributed by atoms with E-state index in [1.165, 1.54) is 16.8 Å². The highest BCUT2D eigenvalue weighted by Gasteiger charge is 2.03. The van der Waals surface area contributed by atoms with Crippen molar-refractivity contribution in [2.75, 3.05) is 25.0 Å². The number of benzene rings is 2. The van der Waals surface area contributed by atoms with Gasteiger partial charge in [0, 0.05) is 25.3 Å². The molecule has 0 unspecified atom stereocenters.